The Bertz CT molecular complexity index is 1310. The lowest BCUT2D eigenvalue weighted by Gasteiger charge is -2.08. The van der Waals surface area contributed by atoms with Crippen molar-refractivity contribution >= 4 is 16.8 Å². The third kappa shape index (κ3) is 3.70. The van der Waals surface area contributed by atoms with E-state index in [1.807, 2.05) is 0 Å². The molecule has 0 aliphatic rings. The van der Waals surface area contributed by atoms with Crippen LogP contribution < -0.4 is 16.6 Å². The highest BCUT2D eigenvalue weighted by atomic mass is 19.1. The average molecular weight is 389 g/mol. The van der Waals surface area contributed by atoms with Crippen LogP contribution in [0, 0.1) is 5.82 Å². The monoisotopic (exact) mass is 389 g/mol. The smallest absolute Gasteiger partial charge is 0.333 e. The van der Waals surface area contributed by atoms with Crippen LogP contribution in [0.2, 0.25) is 0 Å². The maximum Gasteiger partial charge on any atom is 0.333 e. The Hall–Kier alpha value is -4.00. The fourth-order valence-corrected chi connectivity index (χ4v) is 3.06. The first-order valence-electron chi connectivity index (χ1n) is 8.90. The van der Waals surface area contributed by atoms with Crippen molar-refractivity contribution in [1.29, 1.82) is 0 Å². The minimum Gasteiger partial charge on any atom is -0.348 e. The van der Waals surface area contributed by atoms with Crippen LogP contribution in [0.4, 0.5) is 4.39 Å². The zero-order valence-electron chi connectivity index (χ0n) is 15.2. The molecule has 0 atom stereocenters. The van der Waals surface area contributed by atoms with Crippen molar-refractivity contribution in [3.63, 3.8) is 0 Å². The Morgan fingerprint density at radius 3 is 2.41 bits per heavy atom. The van der Waals surface area contributed by atoms with Gasteiger partial charge in [0.2, 0.25) is 0 Å². The van der Waals surface area contributed by atoms with E-state index in [4.69, 9.17) is 0 Å². The molecule has 7 heteroatoms. The van der Waals surface area contributed by atoms with Crippen LogP contribution in [0.25, 0.3) is 16.6 Å². The SMILES string of the molecule is O=C(NCc1ccc(F)cc1)c1ccc2c(=O)n(-c3ccccc3)c(=O)[nH]c2c1. The number of aromatic amines is 1. The molecule has 0 saturated heterocycles. The standard InChI is InChI=1S/C22H16FN3O3/c23-16-9-6-14(7-10-16)13-24-20(27)15-8-11-18-19(12-15)25-22(29)26(21(18)28)17-4-2-1-3-5-17/h1-12H,13H2,(H,24,27)(H,25,29). The van der Waals surface area contributed by atoms with Gasteiger partial charge in [-0.05, 0) is 48.0 Å². The van der Waals surface area contributed by atoms with Gasteiger partial charge in [-0.2, -0.15) is 0 Å². The summed E-state index contributed by atoms with van der Waals surface area (Å²) in [4.78, 5) is 40.3. The van der Waals surface area contributed by atoms with Gasteiger partial charge in [-0.1, -0.05) is 30.3 Å². The fourth-order valence-electron chi connectivity index (χ4n) is 3.06. The van der Waals surface area contributed by atoms with E-state index in [-0.39, 0.29) is 23.8 Å². The molecule has 1 heterocycles. The first-order chi connectivity index (χ1) is 14.0. The number of hydrogen-bond acceptors (Lipinski definition) is 3. The highest BCUT2D eigenvalue weighted by Gasteiger charge is 2.12. The molecule has 3 aromatic carbocycles. The van der Waals surface area contributed by atoms with Crippen LogP contribution in [0.5, 0.6) is 0 Å². The third-order valence-electron chi connectivity index (χ3n) is 4.54. The van der Waals surface area contributed by atoms with Crippen LogP contribution >= 0.6 is 0 Å². The maximum absolute atomic E-state index is 13.0. The van der Waals surface area contributed by atoms with Crippen LogP contribution in [-0.4, -0.2) is 15.5 Å². The third-order valence-corrected chi connectivity index (χ3v) is 4.54. The molecular formula is C22H16FN3O3. The van der Waals surface area contributed by atoms with E-state index in [2.05, 4.69) is 10.3 Å². The van der Waals surface area contributed by atoms with Gasteiger partial charge in [0.25, 0.3) is 11.5 Å². The minimum absolute atomic E-state index is 0.225. The normalized spacial score (nSPS) is 10.8. The summed E-state index contributed by atoms with van der Waals surface area (Å²) in [5.41, 5.74) is 0.737. The van der Waals surface area contributed by atoms with E-state index in [0.717, 1.165) is 10.1 Å². The van der Waals surface area contributed by atoms with Crippen molar-refractivity contribution in [3.05, 3.63) is 111 Å². The zero-order valence-corrected chi connectivity index (χ0v) is 15.2. The van der Waals surface area contributed by atoms with Crippen LogP contribution in [-0.2, 0) is 6.54 Å². The topological polar surface area (TPSA) is 84.0 Å². The molecule has 0 fully saturated rings. The first-order valence-corrected chi connectivity index (χ1v) is 8.90. The summed E-state index contributed by atoms with van der Waals surface area (Å²) < 4.78 is 14.0. The van der Waals surface area contributed by atoms with Gasteiger partial charge in [0.15, 0.2) is 0 Å². The van der Waals surface area contributed by atoms with E-state index < -0.39 is 11.2 Å². The minimum atomic E-state index is -0.586. The number of aromatic nitrogens is 2. The lowest BCUT2D eigenvalue weighted by molar-refractivity contribution is 0.0951. The molecule has 0 spiro atoms. The van der Waals surface area contributed by atoms with Crippen LogP contribution in [0.15, 0.2) is 82.4 Å². The summed E-state index contributed by atoms with van der Waals surface area (Å²) in [5, 5.41) is 3.02. The molecule has 0 bridgehead atoms. The predicted octanol–water partition coefficient (Wildman–Crippen LogP) is 2.75. The molecule has 0 aliphatic heterocycles. The highest BCUT2D eigenvalue weighted by molar-refractivity contribution is 5.97. The second kappa shape index (κ2) is 7.55. The second-order valence-corrected chi connectivity index (χ2v) is 6.48. The number of nitrogens with zero attached hydrogens (tertiary/aromatic N) is 1. The number of benzene rings is 3. The van der Waals surface area contributed by atoms with Gasteiger partial charge < -0.3 is 10.3 Å². The Kier molecular flexibility index (Phi) is 4.78. The van der Waals surface area contributed by atoms with Gasteiger partial charge >= 0.3 is 5.69 Å². The maximum atomic E-state index is 13.0. The number of halogens is 1. The van der Waals surface area contributed by atoms with E-state index >= 15 is 0 Å². The number of H-pyrrole nitrogens is 1. The molecule has 0 radical (unpaired) electrons. The highest BCUT2D eigenvalue weighted by Crippen LogP contribution is 2.11. The van der Waals surface area contributed by atoms with E-state index in [1.165, 1.54) is 30.3 Å². The van der Waals surface area contributed by atoms with Gasteiger partial charge in [0.1, 0.15) is 5.82 Å². The number of para-hydroxylation sites is 1. The first kappa shape index (κ1) is 18.4. The molecular weight excluding hydrogens is 373 g/mol. The average Bonchev–Trinajstić information content (AvgIpc) is 2.73. The summed E-state index contributed by atoms with van der Waals surface area (Å²) in [6, 6.07) is 18.9. The number of hydrogen-bond donors (Lipinski definition) is 2. The molecule has 0 aliphatic carbocycles. The molecule has 1 amide bonds. The van der Waals surface area contributed by atoms with Crippen LogP contribution in [0.3, 0.4) is 0 Å². The molecule has 0 unspecified atom stereocenters. The van der Waals surface area contributed by atoms with Gasteiger partial charge in [0, 0.05) is 12.1 Å². The van der Waals surface area contributed by atoms with Gasteiger partial charge in [-0.3, -0.25) is 9.59 Å². The molecule has 2 N–H and O–H groups in total. The Balaban J connectivity index is 1.64. The summed E-state index contributed by atoms with van der Waals surface area (Å²) in [6.07, 6.45) is 0. The summed E-state index contributed by atoms with van der Waals surface area (Å²) in [5.74, 6) is -0.718. The number of rotatable bonds is 4. The number of fused-ring (bicyclic) bond motifs is 1. The molecule has 144 valence electrons. The largest absolute Gasteiger partial charge is 0.348 e. The number of carbonyl (C=O) groups is 1. The fraction of sp³-hybridized carbons (Fsp3) is 0.0455. The van der Waals surface area contributed by atoms with Gasteiger partial charge in [-0.15, -0.1) is 0 Å². The van der Waals surface area contributed by atoms with Crippen LogP contribution in [0.1, 0.15) is 15.9 Å². The summed E-state index contributed by atoms with van der Waals surface area (Å²) >= 11 is 0. The number of nitrogens with one attached hydrogen (secondary N) is 2. The van der Waals surface area contributed by atoms with Crippen molar-refractivity contribution in [2.45, 2.75) is 6.54 Å². The summed E-state index contributed by atoms with van der Waals surface area (Å²) in [7, 11) is 0. The molecule has 0 saturated carbocycles. The number of carbonyl (C=O) groups excluding carboxylic acids is 1. The van der Waals surface area contributed by atoms with Crippen molar-refractivity contribution in [2.24, 2.45) is 0 Å². The zero-order chi connectivity index (χ0) is 20.4. The van der Waals surface area contributed by atoms with Crippen molar-refractivity contribution in [2.75, 3.05) is 0 Å². The lowest BCUT2D eigenvalue weighted by atomic mass is 10.1. The molecule has 6 nitrogen and oxygen atoms in total. The quantitative estimate of drug-likeness (QED) is 0.563. The molecule has 4 aromatic rings. The van der Waals surface area contributed by atoms with Crippen molar-refractivity contribution < 1.29 is 9.18 Å². The summed E-state index contributed by atoms with van der Waals surface area (Å²) in [6.45, 7) is 0.225. The Morgan fingerprint density at radius 1 is 0.966 bits per heavy atom. The Morgan fingerprint density at radius 2 is 1.69 bits per heavy atom. The van der Waals surface area contributed by atoms with E-state index in [1.54, 1.807) is 42.5 Å². The second-order valence-electron chi connectivity index (χ2n) is 6.48. The number of amides is 1. The van der Waals surface area contributed by atoms with Gasteiger partial charge in [0.05, 0.1) is 16.6 Å². The van der Waals surface area contributed by atoms with E-state index in [0.29, 0.717) is 16.6 Å². The molecule has 4 rings (SSSR count). The van der Waals surface area contributed by atoms with Crippen molar-refractivity contribution in [3.8, 4) is 5.69 Å². The van der Waals surface area contributed by atoms with E-state index in [9.17, 15) is 18.8 Å². The predicted molar refractivity (Wildman–Crippen MR) is 108 cm³/mol. The van der Waals surface area contributed by atoms with Gasteiger partial charge in [-0.25, -0.2) is 13.8 Å². The molecule has 29 heavy (non-hydrogen) atoms. The Labute approximate surface area is 164 Å². The lowest BCUT2D eigenvalue weighted by Crippen LogP contribution is -2.33. The molecule has 1 aromatic heterocycles. The van der Waals surface area contributed by atoms with Crippen molar-refractivity contribution in [1.82, 2.24) is 14.9 Å².